The number of nitrogens with one attached hydrogen (secondary N) is 1. The molecular weight excluding hydrogens is 366 g/mol. The number of rotatable bonds is 5. The Morgan fingerprint density at radius 1 is 1.11 bits per heavy atom. The van der Waals surface area contributed by atoms with E-state index in [-0.39, 0.29) is 12.1 Å². The molecule has 4 rings (SSSR count). The molecule has 0 bridgehead atoms. The van der Waals surface area contributed by atoms with E-state index in [0.29, 0.717) is 0 Å². The molecule has 1 N–H and O–H groups in total. The van der Waals surface area contributed by atoms with Crippen LogP contribution in [0.5, 0.6) is 0 Å². The first-order valence-corrected chi connectivity index (χ1v) is 10.0. The molecule has 1 fully saturated rings. The number of aromatic nitrogens is 3. The van der Waals surface area contributed by atoms with Gasteiger partial charge >= 0.3 is 0 Å². The van der Waals surface area contributed by atoms with Crippen LogP contribution in [0.4, 0.5) is 0 Å². The summed E-state index contributed by atoms with van der Waals surface area (Å²) >= 11 is 5.77. The van der Waals surface area contributed by atoms with Crippen molar-refractivity contribution in [2.45, 2.75) is 45.9 Å². The van der Waals surface area contributed by atoms with Gasteiger partial charge in [0.15, 0.2) is 5.11 Å². The smallest absolute Gasteiger partial charge is 0.170 e. The van der Waals surface area contributed by atoms with Crippen LogP contribution in [0.1, 0.15) is 47.2 Å². The summed E-state index contributed by atoms with van der Waals surface area (Å²) in [5.74, 6) is 0. The minimum Gasteiger partial charge on any atom is -0.352 e. The van der Waals surface area contributed by atoms with Crippen LogP contribution in [0.3, 0.4) is 0 Å². The van der Waals surface area contributed by atoms with E-state index < -0.39 is 0 Å². The highest BCUT2D eigenvalue weighted by Crippen LogP contribution is 2.41. The molecule has 4 heterocycles. The summed E-state index contributed by atoms with van der Waals surface area (Å²) in [6.45, 7) is 8.25. The lowest BCUT2D eigenvalue weighted by Gasteiger charge is -2.28. The molecule has 3 aromatic heterocycles. The van der Waals surface area contributed by atoms with Crippen molar-refractivity contribution in [1.29, 1.82) is 0 Å². The van der Waals surface area contributed by atoms with Crippen molar-refractivity contribution in [3.8, 4) is 0 Å². The largest absolute Gasteiger partial charge is 0.352 e. The monoisotopic (exact) mass is 391 g/mol. The molecule has 28 heavy (non-hydrogen) atoms. The minimum atomic E-state index is 0.0151. The van der Waals surface area contributed by atoms with Crippen LogP contribution in [0.25, 0.3) is 0 Å². The van der Waals surface area contributed by atoms with Crippen LogP contribution in [0.15, 0.2) is 55.0 Å². The molecule has 3 aromatic rings. The molecule has 0 aliphatic carbocycles. The van der Waals surface area contributed by atoms with Crippen LogP contribution in [-0.4, -0.2) is 24.5 Å². The Kier molecular flexibility index (Phi) is 5.13. The first-order chi connectivity index (χ1) is 13.6. The zero-order valence-corrected chi connectivity index (χ0v) is 17.3. The zero-order valence-electron chi connectivity index (χ0n) is 16.5. The maximum Gasteiger partial charge on any atom is 0.170 e. The normalized spacial score (nSPS) is 19.1. The predicted molar refractivity (Wildman–Crippen MR) is 115 cm³/mol. The van der Waals surface area contributed by atoms with Crippen molar-refractivity contribution >= 4 is 17.3 Å². The Bertz CT molecular complexity index is 967. The fraction of sp³-hybridized carbons (Fsp3) is 0.318. The van der Waals surface area contributed by atoms with Crippen LogP contribution in [0, 0.1) is 13.8 Å². The second kappa shape index (κ2) is 7.72. The fourth-order valence-corrected chi connectivity index (χ4v) is 4.52. The van der Waals surface area contributed by atoms with Crippen LogP contribution >= 0.6 is 12.2 Å². The van der Waals surface area contributed by atoms with Gasteiger partial charge in [0.25, 0.3) is 0 Å². The van der Waals surface area contributed by atoms with Gasteiger partial charge in [-0.2, -0.15) is 0 Å². The third-order valence-corrected chi connectivity index (χ3v) is 5.90. The molecule has 1 aliphatic rings. The molecule has 6 heteroatoms. The zero-order chi connectivity index (χ0) is 19.7. The van der Waals surface area contributed by atoms with Crippen molar-refractivity contribution in [2.75, 3.05) is 0 Å². The topological polar surface area (TPSA) is 46.0 Å². The van der Waals surface area contributed by atoms with Gasteiger partial charge in [0, 0.05) is 43.1 Å². The van der Waals surface area contributed by atoms with Gasteiger partial charge in [-0.25, -0.2) is 0 Å². The van der Waals surface area contributed by atoms with Crippen molar-refractivity contribution in [3.05, 3.63) is 83.2 Å². The van der Waals surface area contributed by atoms with Gasteiger partial charge in [-0.05, 0) is 74.4 Å². The Hall–Kier alpha value is -2.73. The van der Waals surface area contributed by atoms with E-state index in [1.807, 2.05) is 42.9 Å². The molecule has 0 saturated carbocycles. The summed E-state index contributed by atoms with van der Waals surface area (Å²) < 4.78 is 2.36. The van der Waals surface area contributed by atoms with Gasteiger partial charge in [-0.1, -0.05) is 6.07 Å². The lowest BCUT2D eigenvalue weighted by Crippen LogP contribution is -2.29. The maximum absolute atomic E-state index is 5.77. The van der Waals surface area contributed by atoms with Gasteiger partial charge in [-0.15, -0.1) is 0 Å². The highest BCUT2D eigenvalue weighted by molar-refractivity contribution is 7.80. The molecular formula is C22H25N5S. The molecule has 1 aliphatic heterocycles. The van der Waals surface area contributed by atoms with Gasteiger partial charge in [0.1, 0.15) is 0 Å². The second-order valence-electron chi connectivity index (χ2n) is 7.18. The van der Waals surface area contributed by atoms with Crippen molar-refractivity contribution < 1.29 is 0 Å². The molecule has 2 unspecified atom stereocenters. The summed E-state index contributed by atoms with van der Waals surface area (Å²) in [4.78, 5) is 11.0. The van der Waals surface area contributed by atoms with E-state index >= 15 is 0 Å². The lowest BCUT2D eigenvalue weighted by atomic mass is 9.96. The minimum absolute atomic E-state index is 0.0151. The van der Waals surface area contributed by atoms with Gasteiger partial charge in [0.05, 0.1) is 17.8 Å². The van der Waals surface area contributed by atoms with Gasteiger partial charge in [0.2, 0.25) is 0 Å². The predicted octanol–water partition coefficient (Wildman–Crippen LogP) is 4.09. The number of pyridine rings is 2. The molecule has 0 spiro atoms. The first kappa shape index (κ1) is 18.6. The highest BCUT2D eigenvalue weighted by Gasteiger charge is 2.41. The summed E-state index contributed by atoms with van der Waals surface area (Å²) in [7, 11) is 0. The second-order valence-corrected chi connectivity index (χ2v) is 7.57. The standard InChI is InChI=1S/C22H25N5S/c1-4-26-15(2)13-18(16(26)3)21-20(19-7-5-6-10-24-19)25-22(28)27(21)14-17-8-11-23-12-9-17/h5-13,20-21H,4,14H2,1-3H3,(H,25,28). The van der Waals surface area contributed by atoms with Gasteiger partial charge < -0.3 is 14.8 Å². The number of hydrogen-bond acceptors (Lipinski definition) is 3. The Labute approximate surface area is 171 Å². The molecule has 144 valence electrons. The summed E-state index contributed by atoms with van der Waals surface area (Å²) in [5.41, 5.74) is 6.06. The molecule has 2 atom stereocenters. The SMILES string of the molecule is CCn1c(C)cc(C2C(c3ccccn3)NC(=S)N2Cc2ccncc2)c1C. The summed E-state index contributed by atoms with van der Waals surface area (Å²) in [6, 6.07) is 12.5. The molecule has 0 radical (unpaired) electrons. The molecule has 1 saturated heterocycles. The van der Waals surface area contributed by atoms with E-state index in [1.165, 1.54) is 22.5 Å². The lowest BCUT2D eigenvalue weighted by molar-refractivity contribution is 0.309. The quantitative estimate of drug-likeness (QED) is 0.664. The Morgan fingerprint density at radius 3 is 2.54 bits per heavy atom. The maximum atomic E-state index is 5.77. The van der Waals surface area contributed by atoms with Gasteiger partial charge in [-0.3, -0.25) is 9.97 Å². The van der Waals surface area contributed by atoms with E-state index in [9.17, 15) is 0 Å². The van der Waals surface area contributed by atoms with E-state index in [0.717, 1.165) is 23.9 Å². The third kappa shape index (κ3) is 3.29. The fourth-order valence-electron chi connectivity index (χ4n) is 4.21. The first-order valence-electron chi connectivity index (χ1n) is 9.63. The van der Waals surface area contributed by atoms with Crippen molar-refractivity contribution in [3.63, 3.8) is 0 Å². The number of nitrogens with zero attached hydrogens (tertiary/aromatic N) is 4. The third-order valence-electron chi connectivity index (χ3n) is 5.55. The highest BCUT2D eigenvalue weighted by atomic mass is 32.1. The average molecular weight is 392 g/mol. The Balaban J connectivity index is 1.80. The average Bonchev–Trinajstić information content (AvgIpc) is 3.19. The summed E-state index contributed by atoms with van der Waals surface area (Å²) in [6.07, 6.45) is 5.50. The molecule has 0 amide bonds. The Morgan fingerprint density at radius 2 is 1.89 bits per heavy atom. The number of aryl methyl sites for hydroxylation is 1. The number of thiocarbonyl (C=S) groups is 1. The van der Waals surface area contributed by atoms with E-state index in [1.54, 1.807) is 0 Å². The van der Waals surface area contributed by atoms with E-state index in [4.69, 9.17) is 12.2 Å². The van der Waals surface area contributed by atoms with E-state index in [2.05, 4.69) is 57.7 Å². The molecule has 5 nitrogen and oxygen atoms in total. The van der Waals surface area contributed by atoms with Crippen LogP contribution in [0.2, 0.25) is 0 Å². The number of hydrogen-bond donors (Lipinski definition) is 1. The summed E-state index contributed by atoms with van der Waals surface area (Å²) in [5, 5.41) is 4.30. The van der Waals surface area contributed by atoms with Crippen LogP contribution in [-0.2, 0) is 13.1 Å². The van der Waals surface area contributed by atoms with Crippen molar-refractivity contribution in [1.82, 2.24) is 24.8 Å². The molecule has 0 aromatic carbocycles. The van der Waals surface area contributed by atoms with Crippen molar-refractivity contribution in [2.24, 2.45) is 0 Å². The van der Waals surface area contributed by atoms with Crippen LogP contribution < -0.4 is 5.32 Å².